The number of carbonyl (C=O) groups excluding carboxylic acids is 2. The molecule has 31 heavy (non-hydrogen) atoms. The molecular weight excluding hydrogens is 418 g/mol. The van der Waals surface area contributed by atoms with E-state index in [-0.39, 0.29) is 17.6 Å². The Bertz CT molecular complexity index is 1280. The molecule has 156 valence electrons. The number of aromatic nitrogens is 3. The molecule has 1 atom stereocenters. The summed E-state index contributed by atoms with van der Waals surface area (Å²) in [7, 11) is 0. The Labute approximate surface area is 180 Å². The predicted octanol–water partition coefficient (Wildman–Crippen LogP) is 3.81. The Morgan fingerprint density at radius 2 is 2.13 bits per heavy atom. The van der Waals surface area contributed by atoms with Crippen LogP contribution in [0, 0.1) is 0 Å². The smallest absolute Gasteiger partial charge is 0.291 e. The summed E-state index contributed by atoms with van der Waals surface area (Å²) in [5, 5.41) is 13.8. The first-order valence-corrected chi connectivity index (χ1v) is 10.5. The normalized spacial score (nSPS) is 15.3. The maximum absolute atomic E-state index is 13.1. The average Bonchev–Trinajstić information content (AvgIpc) is 3.41. The molecule has 4 aromatic rings. The van der Waals surface area contributed by atoms with E-state index in [0.717, 1.165) is 10.9 Å². The molecule has 1 aliphatic heterocycles. The third kappa shape index (κ3) is 3.73. The summed E-state index contributed by atoms with van der Waals surface area (Å²) < 4.78 is 11.4. The molecule has 9 nitrogen and oxygen atoms in total. The van der Waals surface area contributed by atoms with Crippen LogP contribution < -0.4 is 15.4 Å². The van der Waals surface area contributed by atoms with E-state index in [1.165, 1.54) is 18.1 Å². The van der Waals surface area contributed by atoms with Gasteiger partial charge in [-0.2, -0.15) is 5.10 Å². The van der Waals surface area contributed by atoms with Gasteiger partial charge >= 0.3 is 0 Å². The Morgan fingerprint density at radius 1 is 1.26 bits per heavy atom. The summed E-state index contributed by atoms with van der Waals surface area (Å²) >= 11 is 1.42. The van der Waals surface area contributed by atoms with Gasteiger partial charge in [-0.15, -0.1) is 0 Å². The summed E-state index contributed by atoms with van der Waals surface area (Å²) in [5.74, 6) is 0.625. The van der Waals surface area contributed by atoms with Gasteiger partial charge in [0.05, 0.1) is 5.69 Å². The minimum absolute atomic E-state index is 0.222. The first-order chi connectivity index (χ1) is 15.1. The van der Waals surface area contributed by atoms with Crippen molar-refractivity contribution in [3.8, 4) is 5.75 Å². The second-order valence-electron chi connectivity index (χ2n) is 6.90. The van der Waals surface area contributed by atoms with Crippen LogP contribution in [0.4, 0.5) is 11.4 Å². The molecule has 3 heterocycles. The maximum atomic E-state index is 13.1. The van der Waals surface area contributed by atoms with Gasteiger partial charge in [0.25, 0.3) is 11.8 Å². The highest BCUT2D eigenvalue weighted by Gasteiger charge is 2.25. The number of H-pyrrole nitrogens is 1. The molecule has 0 aliphatic carbocycles. The van der Waals surface area contributed by atoms with E-state index < -0.39 is 6.10 Å². The van der Waals surface area contributed by atoms with Crippen molar-refractivity contribution in [2.24, 2.45) is 0 Å². The number of thioether (sulfide) groups is 1. The fourth-order valence-corrected chi connectivity index (χ4v) is 4.11. The van der Waals surface area contributed by atoms with Crippen molar-refractivity contribution in [1.82, 2.24) is 15.2 Å². The number of carbonyl (C=O) groups is 2. The van der Waals surface area contributed by atoms with Gasteiger partial charge in [0, 0.05) is 22.4 Å². The molecule has 2 aromatic heterocycles. The molecule has 2 aromatic carbocycles. The van der Waals surface area contributed by atoms with E-state index >= 15 is 0 Å². The number of ether oxygens (including phenoxy) is 1. The number of hydrogen-bond donors (Lipinski definition) is 3. The van der Waals surface area contributed by atoms with Crippen LogP contribution in [0.2, 0.25) is 0 Å². The zero-order chi connectivity index (χ0) is 21.4. The highest BCUT2D eigenvalue weighted by molar-refractivity contribution is 7.98. The zero-order valence-corrected chi connectivity index (χ0v) is 17.2. The van der Waals surface area contributed by atoms with Crippen molar-refractivity contribution < 1.29 is 18.7 Å². The van der Waals surface area contributed by atoms with Gasteiger partial charge < -0.3 is 19.8 Å². The molecule has 0 radical (unpaired) electrons. The van der Waals surface area contributed by atoms with E-state index in [1.54, 1.807) is 25.1 Å². The van der Waals surface area contributed by atoms with Gasteiger partial charge in [-0.25, -0.2) is 4.98 Å². The average molecular weight is 435 g/mol. The molecular formula is C21H17N5O4S. The van der Waals surface area contributed by atoms with Gasteiger partial charge in [0.2, 0.25) is 0 Å². The molecule has 0 fully saturated rings. The number of para-hydroxylation sites is 1. The number of nitrogens with zero attached hydrogens (tertiary/aromatic N) is 2. The van der Waals surface area contributed by atoms with Crippen LogP contribution in [0.15, 0.2) is 58.4 Å². The Kier molecular flexibility index (Phi) is 4.83. The van der Waals surface area contributed by atoms with Crippen molar-refractivity contribution in [2.75, 3.05) is 10.6 Å². The maximum Gasteiger partial charge on any atom is 0.291 e. The quantitative estimate of drug-likeness (QED) is 0.407. The molecule has 1 aliphatic rings. The fraction of sp³-hybridized carbons (Fsp3) is 0.143. The third-order valence-corrected chi connectivity index (χ3v) is 5.72. The number of anilines is 2. The van der Waals surface area contributed by atoms with Crippen molar-refractivity contribution >= 4 is 45.9 Å². The minimum Gasteiger partial charge on any atom is -0.479 e. The van der Waals surface area contributed by atoms with Crippen LogP contribution in [-0.2, 0) is 10.5 Å². The van der Waals surface area contributed by atoms with Crippen molar-refractivity contribution in [2.45, 2.75) is 23.9 Å². The highest BCUT2D eigenvalue weighted by Crippen LogP contribution is 2.34. The van der Waals surface area contributed by atoms with Crippen molar-refractivity contribution in [3.63, 3.8) is 0 Å². The van der Waals surface area contributed by atoms with Gasteiger partial charge in [-0.3, -0.25) is 14.7 Å². The number of furan rings is 1. The molecule has 5 rings (SSSR count). The second kappa shape index (κ2) is 7.80. The SMILES string of the molecule is C[C@@H]1Oc2ccc(NC(=O)c3oc4ccccc4c3CSc3ncn[nH]3)cc2NC1=O. The van der Waals surface area contributed by atoms with Crippen LogP contribution in [0.3, 0.4) is 0 Å². The number of amides is 2. The molecule has 2 amide bonds. The summed E-state index contributed by atoms with van der Waals surface area (Å²) in [6, 6.07) is 12.6. The molecule has 0 bridgehead atoms. The zero-order valence-electron chi connectivity index (χ0n) is 16.3. The standard InChI is InChI=1S/C21H17N5O4S/c1-11-19(27)25-15-8-12(6-7-17(15)29-11)24-20(28)18-14(9-31-21-22-10-23-26-21)13-4-2-3-5-16(13)30-18/h2-8,10-11H,9H2,1H3,(H,24,28)(H,25,27)(H,22,23,26)/t11-/m0/s1. The van der Waals surface area contributed by atoms with E-state index in [1.807, 2.05) is 24.3 Å². The van der Waals surface area contributed by atoms with E-state index in [0.29, 0.717) is 33.6 Å². The third-order valence-electron chi connectivity index (χ3n) is 4.82. The summed E-state index contributed by atoms with van der Waals surface area (Å²) in [6.45, 7) is 1.67. The monoisotopic (exact) mass is 435 g/mol. The van der Waals surface area contributed by atoms with Crippen molar-refractivity contribution in [3.05, 3.63) is 60.1 Å². The first kappa shape index (κ1) is 19.2. The molecule has 0 saturated carbocycles. The van der Waals surface area contributed by atoms with Gasteiger partial charge in [0.15, 0.2) is 17.0 Å². The lowest BCUT2D eigenvalue weighted by Crippen LogP contribution is -2.34. The van der Waals surface area contributed by atoms with Crippen LogP contribution in [0.1, 0.15) is 23.0 Å². The lowest BCUT2D eigenvalue weighted by molar-refractivity contribution is -0.122. The minimum atomic E-state index is -0.562. The molecule has 0 saturated heterocycles. The topological polar surface area (TPSA) is 122 Å². The first-order valence-electron chi connectivity index (χ1n) is 9.50. The number of hydrogen-bond acceptors (Lipinski definition) is 7. The number of rotatable bonds is 5. The Morgan fingerprint density at radius 3 is 2.97 bits per heavy atom. The lowest BCUT2D eigenvalue weighted by atomic mass is 10.1. The largest absolute Gasteiger partial charge is 0.479 e. The fourth-order valence-electron chi connectivity index (χ4n) is 3.30. The van der Waals surface area contributed by atoms with E-state index in [9.17, 15) is 9.59 Å². The molecule has 0 spiro atoms. The van der Waals surface area contributed by atoms with Crippen LogP contribution in [0.5, 0.6) is 5.75 Å². The predicted molar refractivity (Wildman–Crippen MR) is 115 cm³/mol. The lowest BCUT2D eigenvalue weighted by Gasteiger charge is -2.23. The highest BCUT2D eigenvalue weighted by atomic mass is 32.2. The van der Waals surface area contributed by atoms with Gasteiger partial charge in [-0.05, 0) is 31.2 Å². The van der Waals surface area contributed by atoms with Crippen LogP contribution in [-0.4, -0.2) is 33.1 Å². The number of benzene rings is 2. The summed E-state index contributed by atoms with van der Waals surface area (Å²) in [6.07, 6.45) is 0.871. The summed E-state index contributed by atoms with van der Waals surface area (Å²) in [5.41, 5.74) is 2.40. The van der Waals surface area contributed by atoms with Gasteiger partial charge in [0.1, 0.15) is 17.7 Å². The number of nitrogens with one attached hydrogen (secondary N) is 3. The van der Waals surface area contributed by atoms with E-state index in [4.69, 9.17) is 9.15 Å². The van der Waals surface area contributed by atoms with Gasteiger partial charge in [-0.1, -0.05) is 30.0 Å². The van der Waals surface area contributed by atoms with Crippen molar-refractivity contribution in [1.29, 1.82) is 0 Å². The summed E-state index contributed by atoms with van der Waals surface area (Å²) in [4.78, 5) is 29.1. The Balaban J connectivity index is 1.42. The van der Waals surface area contributed by atoms with Crippen LogP contribution in [0.25, 0.3) is 11.0 Å². The number of aromatic amines is 1. The Hall–Kier alpha value is -3.79. The van der Waals surface area contributed by atoms with Crippen LogP contribution >= 0.6 is 11.8 Å². The molecule has 3 N–H and O–H groups in total. The second-order valence-corrected chi connectivity index (χ2v) is 7.86. The van der Waals surface area contributed by atoms with E-state index in [2.05, 4.69) is 25.8 Å². The molecule has 10 heteroatoms. The number of fused-ring (bicyclic) bond motifs is 2. The molecule has 0 unspecified atom stereocenters.